The molecule has 2 aliphatic rings. The highest BCUT2D eigenvalue weighted by molar-refractivity contribution is 6.42. The van der Waals surface area contributed by atoms with Gasteiger partial charge in [0.2, 0.25) is 0 Å². The van der Waals surface area contributed by atoms with E-state index in [2.05, 4.69) is 56.1 Å². The number of rotatable bonds is 8. The first-order valence-corrected chi connectivity index (χ1v) is 13.7. The van der Waals surface area contributed by atoms with E-state index in [0.717, 1.165) is 37.8 Å². The number of benzene rings is 2. The van der Waals surface area contributed by atoms with Gasteiger partial charge < -0.3 is 10.2 Å². The third kappa shape index (κ3) is 5.67. The van der Waals surface area contributed by atoms with Gasteiger partial charge in [0, 0.05) is 36.9 Å². The molecule has 0 saturated heterocycles. The quantitative estimate of drug-likeness (QED) is 0.391. The van der Waals surface area contributed by atoms with E-state index >= 15 is 0 Å². The van der Waals surface area contributed by atoms with Gasteiger partial charge in [0.15, 0.2) is 0 Å². The van der Waals surface area contributed by atoms with Crippen LogP contribution in [0.15, 0.2) is 42.5 Å². The van der Waals surface area contributed by atoms with Crippen LogP contribution in [0.25, 0.3) is 0 Å². The highest BCUT2D eigenvalue weighted by atomic mass is 35.5. The lowest BCUT2D eigenvalue weighted by atomic mass is 9.80. The molecule has 2 aromatic rings. The Labute approximate surface area is 225 Å². The molecule has 0 spiro atoms. The van der Waals surface area contributed by atoms with Gasteiger partial charge in [-0.15, -0.1) is 0 Å². The Morgan fingerprint density at radius 2 is 1.86 bits per heavy atom. The van der Waals surface area contributed by atoms with Crippen molar-refractivity contribution in [1.29, 1.82) is 5.26 Å². The zero-order chi connectivity index (χ0) is 26.0. The van der Waals surface area contributed by atoms with Crippen molar-refractivity contribution >= 4 is 34.9 Å². The van der Waals surface area contributed by atoms with Crippen molar-refractivity contribution in [3.05, 3.63) is 63.6 Å². The predicted molar refractivity (Wildman–Crippen MR) is 148 cm³/mol. The Balaban J connectivity index is 1.51. The van der Waals surface area contributed by atoms with Crippen molar-refractivity contribution < 1.29 is 4.79 Å². The molecule has 36 heavy (non-hydrogen) atoms. The summed E-state index contributed by atoms with van der Waals surface area (Å²) < 4.78 is 0. The van der Waals surface area contributed by atoms with Crippen LogP contribution >= 0.6 is 23.2 Å². The molecule has 5 nitrogen and oxygen atoms in total. The maximum absolute atomic E-state index is 13.6. The monoisotopic (exact) mass is 526 g/mol. The Morgan fingerprint density at radius 1 is 1.11 bits per heavy atom. The molecule has 1 N–H and O–H groups in total. The van der Waals surface area contributed by atoms with Gasteiger partial charge in [-0.3, -0.25) is 4.90 Å². The summed E-state index contributed by atoms with van der Waals surface area (Å²) in [6, 6.07) is 16.4. The van der Waals surface area contributed by atoms with Crippen LogP contribution in [-0.2, 0) is 5.41 Å². The van der Waals surface area contributed by atoms with Gasteiger partial charge in [0.05, 0.1) is 21.7 Å². The summed E-state index contributed by atoms with van der Waals surface area (Å²) in [5.41, 5.74) is 2.81. The molecule has 192 valence electrons. The van der Waals surface area contributed by atoms with E-state index in [9.17, 15) is 10.1 Å². The van der Waals surface area contributed by atoms with Gasteiger partial charge in [-0.05, 0) is 101 Å². The molecule has 4 rings (SSSR count). The first kappa shape index (κ1) is 26.8. The maximum Gasteiger partial charge on any atom is 0.322 e. The van der Waals surface area contributed by atoms with Crippen molar-refractivity contribution in [2.24, 2.45) is 5.92 Å². The number of nitriles is 1. The minimum absolute atomic E-state index is 0.0921. The molecule has 0 radical (unpaired) electrons. The summed E-state index contributed by atoms with van der Waals surface area (Å²) in [6.07, 6.45) is 4.09. The Bertz CT molecular complexity index is 1140. The molecule has 3 atom stereocenters. The van der Waals surface area contributed by atoms with Crippen LogP contribution in [0.3, 0.4) is 0 Å². The van der Waals surface area contributed by atoms with Gasteiger partial charge in [-0.2, -0.15) is 5.26 Å². The van der Waals surface area contributed by atoms with Gasteiger partial charge in [-0.1, -0.05) is 35.3 Å². The van der Waals surface area contributed by atoms with E-state index in [0.29, 0.717) is 40.3 Å². The zero-order valence-corrected chi connectivity index (χ0v) is 23.1. The topological polar surface area (TPSA) is 59.4 Å². The summed E-state index contributed by atoms with van der Waals surface area (Å²) in [7, 11) is 0. The predicted octanol–water partition coefficient (Wildman–Crippen LogP) is 7.33. The van der Waals surface area contributed by atoms with E-state index < -0.39 is 0 Å². The van der Waals surface area contributed by atoms with Gasteiger partial charge in [-0.25, -0.2) is 4.79 Å². The van der Waals surface area contributed by atoms with Crippen molar-refractivity contribution in [2.75, 3.05) is 18.4 Å². The van der Waals surface area contributed by atoms with E-state index in [4.69, 9.17) is 23.2 Å². The third-order valence-corrected chi connectivity index (χ3v) is 8.82. The van der Waals surface area contributed by atoms with Crippen molar-refractivity contribution in [1.82, 2.24) is 9.80 Å². The summed E-state index contributed by atoms with van der Waals surface area (Å²) in [5, 5.41) is 13.3. The standard InChI is InChI=1S/C29H36Cl2N4O/c1-19(2)34(20(3)4)12-13-35(28(36)33-24-8-9-26(30)27(31)16-24)25-10-11-29(17-23(29)15-25)22-7-5-6-21(14-22)18-32/h5-9,14,16,19-20,23,25H,10-13,15,17H2,1-4H3,(H,33,36)/t23?,25-,29-/m1/s1. The molecule has 2 aliphatic carbocycles. The normalized spacial score (nSPS) is 22.9. The van der Waals surface area contributed by atoms with Crippen LogP contribution in [0, 0.1) is 17.2 Å². The second-order valence-electron chi connectivity index (χ2n) is 10.9. The second-order valence-corrected chi connectivity index (χ2v) is 11.7. The number of anilines is 1. The molecule has 2 aromatic carbocycles. The summed E-state index contributed by atoms with van der Waals surface area (Å²) in [4.78, 5) is 18.1. The molecule has 0 heterocycles. The molecule has 0 aliphatic heterocycles. The summed E-state index contributed by atoms with van der Waals surface area (Å²) in [6.45, 7) is 10.3. The largest absolute Gasteiger partial charge is 0.322 e. The molecule has 0 bridgehead atoms. The average Bonchev–Trinajstić information content (AvgIpc) is 3.59. The first-order chi connectivity index (χ1) is 17.1. The minimum Gasteiger partial charge on any atom is -0.320 e. The number of carbonyl (C=O) groups is 1. The van der Waals surface area contributed by atoms with Crippen LogP contribution in [-0.4, -0.2) is 47.0 Å². The highest BCUT2D eigenvalue weighted by Crippen LogP contribution is 2.62. The third-order valence-electron chi connectivity index (χ3n) is 8.08. The lowest BCUT2D eigenvalue weighted by Gasteiger charge is -2.39. The van der Waals surface area contributed by atoms with Crippen LogP contribution in [0.4, 0.5) is 10.5 Å². The molecular formula is C29H36Cl2N4O. The van der Waals surface area contributed by atoms with E-state index in [-0.39, 0.29) is 17.5 Å². The number of nitrogens with zero attached hydrogens (tertiary/aromatic N) is 3. The average molecular weight is 528 g/mol. The van der Waals surface area contributed by atoms with Crippen molar-refractivity contribution in [3.63, 3.8) is 0 Å². The number of carbonyl (C=O) groups excluding carboxylic acids is 1. The number of amides is 2. The van der Waals surface area contributed by atoms with Gasteiger partial charge >= 0.3 is 6.03 Å². The number of fused-ring (bicyclic) bond motifs is 1. The number of hydrogen-bond donors (Lipinski definition) is 1. The number of nitrogens with one attached hydrogen (secondary N) is 1. The number of hydrogen-bond acceptors (Lipinski definition) is 3. The number of halogens is 2. The van der Waals surface area contributed by atoms with E-state index in [1.165, 1.54) is 5.56 Å². The molecule has 2 amide bonds. The Morgan fingerprint density at radius 3 is 2.50 bits per heavy atom. The fraction of sp³-hybridized carbons (Fsp3) is 0.517. The summed E-state index contributed by atoms with van der Waals surface area (Å²) in [5.74, 6) is 0.539. The fourth-order valence-electron chi connectivity index (χ4n) is 6.10. The fourth-order valence-corrected chi connectivity index (χ4v) is 6.40. The van der Waals surface area contributed by atoms with Crippen molar-refractivity contribution in [3.8, 4) is 6.07 Å². The molecule has 2 fully saturated rings. The van der Waals surface area contributed by atoms with Crippen LogP contribution in [0.1, 0.15) is 64.5 Å². The van der Waals surface area contributed by atoms with Crippen LogP contribution < -0.4 is 5.32 Å². The van der Waals surface area contributed by atoms with Gasteiger partial charge in [0.25, 0.3) is 0 Å². The molecule has 1 unspecified atom stereocenters. The van der Waals surface area contributed by atoms with E-state index in [1.807, 2.05) is 17.0 Å². The molecule has 7 heteroatoms. The highest BCUT2D eigenvalue weighted by Gasteiger charge is 2.58. The molecular weight excluding hydrogens is 491 g/mol. The molecule has 2 saturated carbocycles. The summed E-state index contributed by atoms with van der Waals surface area (Å²) >= 11 is 12.3. The van der Waals surface area contributed by atoms with Crippen LogP contribution in [0.5, 0.6) is 0 Å². The lowest BCUT2D eigenvalue weighted by molar-refractivity contribution is 0.120. The van der Waals surface area contributed by atoms with Crippen molar-refractivity contribution in [2.45, 2.75) is 76.9 Å². The Kier molecular flexibility index (Phi) is 8.19. The second kappa shape index (κ2) is 11.0. The number of urea groups is 1. The zero-order valence-electron chi connectivity index (χ0n) is 21.6. The van der Waals surface area contributed by atoms with Crippen LogP contribution in [0.2, 0.25) is 10.0 Å². The van der Waals surface area contributed by atoms with E-state index in [1.54, 1.807) is 18.2 Å². The van der Waals surface area contributed by atoms with Gasteiger partial charge in [0.1, 0.15) is 0 Å². The lowest BCUT2D eigenvalue weighted by Crippen LogP contribution is -2.50. The minimum atomic E-state index is -0.0921. The smallest absolute Gasteiger partial charge is 0.320 e. The SMILES string of the molecule is CC(C)N(CCN(C(=O)Nc1ccc(Cl)c(Cl)c1)[C@@H]1CC[C@]2(c3cccc(C#N)c3)CC2C1)C(C)C. The Hall–Kier alpha value is -2.26. The molecule has 0 aromatic heterocycles. The first-order valence-electron chi connectivity index (χ1n) is 12.9. The maximum atomic E-state index is 13.6.